The molecule has 2 saturated heterocycles. The van der Waals surface area contributed by atoms with Crippen LogP contribution in [-0.2, 0) is 9.47 Å². The molecule has 0 spiro atoms. The van der Waals surface area contributed by atoms with Gasteiger partial charge in [0.1, 0.15) is 5.60 Å². The van der Waals surface area contributed by atoms with E-state index in [0.717, 1.165) is 13.0 Å². The van der Waals surface area contributed by atoms with Crippen molar-refractivity contribution in [3.05, 3.63) is 0 Å². The highest BCUT2D eigenvalue weighted by molar-refractivity contribution is 5.04. The zero-order chi connectivity index (χ0) is 6.32. The normalized spacial score (nSPS) is 48.3. The molecule has 2 aliphatic rings. The summed E-state index contributed by atoms with van der Waals surface area (Å²) in [5.41, 5.74) is -0.280. The molecule has 0 aromatic rings. The molecule has 2 fully saturated rings. The molecule has 2 unspecified atom stereocenters. The topological polar surface area (TPSA) is 42.0 Å². The summed E-state index contributed by atoms with van der Waals surface area (Å²) in [6, 6.07) is 0. The van der Waals surface area contributed by atoms with Gasteiger partial charge in [-0.05, 0) is 6.42 Å². The molecule has 0 aromatic heterocycles. The number of fused-ring (bicyclic) bond motifs is 1. The smallest absolute Gasteiger partial charge is 0.141 e. The molecule has 3 nitrogen and oxygen atoms in total. The predicted octanol–water partition coefficient (Wildman–Crippen LogP) is -0.463. The average Bonchev–Trinajstić information content (AvgIpc) is 2.62. The molecular weight excluding hydrogens is 120 g/mol. The van der Waals surface area contributed by atoms with E-state index in [1.807, 2.05) is 0 Å². The Labute approximate surface area is 53.6 Å². The van der Waals surface area contributed by atoms with E-state index in [-0.39, 0.29) is 18.3 Å². The minimum Gasteiger partial charge on any atom is -0.393 e. The predicted molar refractivity (Wildman–Crippen MR) is 30.1 cm³/mol. The second-order valence-electron chi connectivity index (χ2n) is 2.67. The summed E-state index contributed by atoms with van der Waals surface area (Å²) in [5.74, 6) is 0. The number of rotatable bonds is 1. The van der Waals surface area contributed by atoms with Gasteiger partial charge in [0, 0.05) is 6.61 Å². The molecule has 0 amide bonds. The lowest BCUT2D eigenvalue weighted by Gasteiger charge is -2.14. The van der Waals surface area contributed by atoms with E-state index >= 15 is 0 Å². The van der Waals surface area contributed by atoms with Crippen molar-refractivity contribution < 1.29 is 14.6 Å². The third-order valence-corrected chi connectivity index (χ3v) is 2.04. The van der Waals surface area contributed by atoms with Crippen molar-refractivity contribution in [1.82, 2.24) is 0 Å². The summed E-state index contributed by atoms with van der Waals surface area (Å²) in [6.45, 7) is 1.47. The quantitative estimate of drug-likeness (QED) is 0.488. The van der Waals surface area contributed by atoms with E-state index < -0.39 is 0 Å². The Balaban J connectivity index is 2.01. The van der Waals surface area contributed by atoms with Crippen molar-refractivity contribution >= 4 is 0 Å². The lowest BCUT2D eigenvalue weighted by atomic mass is 10.0. The van der Waals surface area contributed by atoms with E-state index in [4.69, 9.17) is 14.6 Å². The molecule has 2 heterocycles. The Morgan fingerprint density at radius 2 is 2.56 bits per heavy atom. The Bertz CT molecular complexity index is 125. The summed E-state index contributed by atoms with van der Waals surface area (Å²) in [5, 5.41) is 8.79. The number of hydrogen-bond acceptors (Lipinski definition) is 3. The van der Waals surface area contributed by atoms with Gasteiger partial charge in [0.2, 0.25) is 0 Å². The summed E-state index contributed by atoms with van der Waals surface area (Å²) < 4.78 is 10.4. The van der Waals surface area contributed by atoms with Gasteiger partial charge in [-0.25, -0.2) is 0 Å². The van der Waals surface area contributed by atoms with Crippen molar-refractivity contribution in [3.63, 3.8) is 0 Å². The van der Waals surface area contributed by atoms with E-state index in [9.17, 15) is 0 Å². The third-order valence-electron chi connectivity index (χ3n) is 2.04. The highest BCUT2D eigenvalue weighted by Crippen LogP contribution is 2.41. The minimum absolute atomic E-state index is 0.109. The van der Waals surface area contributed by atoms with Gasteiger partial charge in [-0.15, -0.1) is 0 Å². The van der Waals surface area contributed by atoms with Crippen LogP contribution in [0.25, 0.3) is 0 Å². The molecular formula is C6H10O3. The first-order valence-electron chi connectivity index (χ1n) is 3.24. The van der Waals surface area contributed by atoms with Gasteiger partial charge in [0.15, 0.2) is 0 Å². The molecule has 2 rings (SSSR count). The van der Waals surface area contributed by atoms with Crippen LogP contribution < -0.4 is 0 Å². The van der Waals surface area contributed by atoms with Crippen molar-refractivity contribution in [2.45, 2.75) is 18.1 Å². The van der Waals surface area contributed by atoms with E-state index in [1.165, 1.54) is 0 Å². The fourth-order valence-electron chi connectivity index (χ4n) is 1.32. The van der Waals surface area contributed by atoms with Crippen LogP contribution in [0.2, 0.25) is 0 Å². The maximum atomic E-state index is 8.79. The van der Waals surface area contributed by atoms with Crippen LogP contribution in [0.5, 0.6) is 0 Å². The summed E-state index contributed by atoms with van der Waals surface area (Å²) in [7, 11) is 0. The maximum Gasteiger partial charge on any atom is 0.141 e. The molecule has 0 radical (unpaired) electrons. The first-order chi connectivity index (χ1) is 4.37. The van der Waals surface area contributed by atoms with E-state index in [2.05, 4.69) is 0 Å². The fraction of sp³-hybridized carbons (Fsp3) is 1.00. The Kier molecular flexibility index (Phi) is 1.06. The van der Waals surface area contributed by atoms with E-state index in [1.54, 1.807) is 0 Å². The molecule has 0 bridgehead atoms. The number of aliphatic hydroxyl groups excluding tert-OH is 1. The maximum absolute atomic E-state index is 8.79. The molecule has 0 saturated carbocycles. The lowest BCUT2D eigenvalue weighted by molar-refractivity contribution is 0.0441. The first-order valence-corrected chi connectivity index (χ1v) is 3.24. The second kappa shape index (κ2) is 1.68. The molecule has 3 heteroatoms. The van der Waals surface area contributed by atoms with Gasteiger partial charge in [-0.2, -0.15) is 0 Å². The van der Waals surface area contributed by atoms with Crippen LogP contribution in [0.1, 0.15) is 6.42 Å². The summed E-state index contributed by atoms with van der Waals surface area (Å²) in [4.78, 5) is 0. The standard InChI is InChI=1S/C6H10O3/c7-3-6-4-8-2-1-5(6)9-6/h5,7H,1-4H2. The van der Waals surface area contributed by atoms with Crippen molar-refractivity contribution in [3.8, 4) is 0 Å². The highest BCUT2D eigenvalue weighted by Gasteiger charge is 2.57. The lowest BCUT2D eigenvalue weighted by Crippen LogP contribution is -2.31. The molecule has 0 aliphatic carbocycles. The van der Waals surface area contributed by atoms with Gasteiger partial charge in [-0.3, -0.25) is 0 Å². The Morgan fingerprint density at radius 3 is 3.11 bits per heavy atom. The zero-order valence-corrected chi connectivity index (χ0v) is 5.17. The molecule has 2 atom stereocenters. The fourth-order valence-corrected chi connectivity index (χ4v) is 1.32. The largest absolute Gasteiger partial charge is 0.393 e. The van der Waals surface area contributed by atoms with Crippen LogP contribution in [0.4, 0.5) is 0 Å². The SMILES string of the molecule is OCC12COCCC1O2. The molecule has 9 heavy (non-hydrogen) atoms. The Morgan fingerprint density at radius 1 is 1.67 bits per heavy atom. The van der Waals surface area contributed by atoms with Crippen LogP contribution in [0, 0.1) is 0 Å². The van der Waals surface area contributed by atoms with Crippen molar-refractivity contribution in [2.24, 2.45) is 0 Å². The van der Waals surface area contributed by atoms with Crippen LogP contribution in [-0.4, -0.2) is 36.6 Å². The highest BCUT2D eigenvalue weighted by atomic mass is 16.7. The van der Waals surface area contributed by atoms with Crippen LogP contribution in [0.15, 0.2) is 0 Å². The summed E-state index contributed by atoms with van der Waals surface area (Å²) in [6.07, 6.45) is 1.23. The first kappa shape index (κ1) is 5.65. The van der Waals surface area contributed by atoms with Gasteiger partial charge < -0.3 is 14.6 Å². The summed E-state index contributed by atoms with van der Waals surface area (Å²) >= 11 is 0. The van der Waals surface area contributed by atoms with Gasteiger partial charge in [0.05, 0.1) is 19.3 Å². The van der Waals surface area contributed by atoms with Crippen molar-refractivity contribution in [2.75, 3.05) is 19.8 Å². The van der Waals surface area contributed by atoms with Gasteiger partial charge >= 0.3 is 0 Å². The molecule has 52 valence electrons. The monoisotopic (exact) mass is 130 g/mol. The zero-order valence-electron chi connectivity index (χ0n) is 5.17. The number of aliphatic hydroxyl groups is 1. The number of ether oxygens (including phenoxy) is 2. The molecule has 0 aromatic carbocycles. The molecule has 1 N–H and O–H groups in total. The van der Waals surface area contributed by atoms with Gasteiger partial charge in [-0.1, -0.05) is 0 Å². The van der Waals surface area contributed by atoms with Gasteiger partial charge in [0.25, 0.3) is 0 Å². The van der Waals surface area contributed by atoms with Crippen LogP contribution in [0.3, 0.4) is 0 Å². The van der Waals surface area contributed by atoms with Crippen LogP contribution >= 0.6 is 0 Å². The number of hydrogen-bond donors (Lipinski definition) is 1. The minimum atomic E-state index is -0.280. The Hall–Kier alpha value is -0.120. The van der Waals surface area contributed by atoms with E-state index in [0.29, 0.717) is 6.61 Å². The number of epoxide rings is 1. The second-order valence-corrected chi connectivity index (χ2v) is 2.67. The average molecular weight is 130 g/mol. The molecule has 2 aliphatic heterocycles. The van der Waals surface area contributed by atoms with Crippen molar-refractivity contribution in [1.29, 1.82) is 0 Å². The third kappa shape index (κ3) is 0.689.